The van der Waals surface area contributed by atoms with Crippen molar-refractivity contribution in [2.75, 3.05) is 0 Å². The lowest BCUT2D eigenvalue weighted by atomic mass is 9.77. The molecule has 1 aromatic rings. The number of fused-ring (bicyclic) bond motifs is 3. The Balaban J connectivity index is 1.73. The summed E-state index contributed by atoms with van der Waals surface area (Å²) in [6.45, 7) is 0. The van der Waals surface area contributed by atoms with Gasteiger partial charge in [-0.25, -0.2) is 0 Å². The van der Waals surface area contributed by atoms with Crippen LogP contribution in [0.4, 0.5) is 0 Å². The van der Waals surface area contributed by atoms with E-state index in [-0.39, 0.29) is 11.7 Å². The molecule has 0 bridgehead atoms. The topological polar surface area (TPSA) is 29.5 Å². The Morgan fingerprint density at radius 3 is 3.12 bits per heavy atom. The van der Waals surface area contributed by atoms with E-state index in [1.54, 1.807) is 0 Å². The molecular formula is C15H18O2. The van der Waals surface area contributed by atoms with Gasteiger partial charge in [0.2, 0.25) is 0 Å². The van der Waals surface area contributed by atoms with Crippen molar-refractivity contribution in [3.63, 3.8) is 0 Å². The van der Waals surface area contributed by atoms with Crippen LogP contribution in [-0.2, 0) is 0 Å². The van der Waals surface area contributed by atoms with Gasteiger partial charge in [-0.05, 0) is 37.7 Å². The minimum absolute atomic E-state index is 0.0450. The number of hydrogen-bond donors (Lipinski definition) is 1. The number of aliphatic hydroxyl groups excluding tert-OH is 1. The van der Waals surface area contributed by atoms with Gasteiger partial charge in [-0.2, -0.15) is 0 Å². The maximum Gasteiger partial charge on any atom is 0.125 e. The van der Waals surface area contributed by atoms with Crippen LogP contribution in [0.25, 0.3) is 0 Å². The Labute approximate surface area is 102 Å². The fourth-order valence-corrected chi connectivity index (χ4v) is 3.99. The molecule has 2 aliphatic carbocycles. The van der Waals surface area contributed by atoms with Gasteiger partial charge in [0.1, 0.15) is 11.4 Å². The second-order valence-corrected chi connectivity index (χ2v) is 5.92. The van der Waals surface area contributed by atoms with Gasteiger partial charge in [0.05, 0.1) is 6.10 Å². The lowest BCUT2D eigenvalue weighted by Gasteiger charge is -2.43. The molecule has 0 radical (unpaired) electrons. The van der Waals surface area contributed by atoms with Crippen LogP contribution < -0.4 is 4.74 Å². The van der Waals surface area contributed by atoms with Crippen molar-refractivity contribution in [2.45, 2.75) is 43.8 Å². The third-order valence-corrected chi connectivity index (χ3v) is 4.90. The van der Waals surface area contributed by atoms with Gasteiger partial charge in [-0.3, -0.25) is 0 Å². The van der Waals surface area contributed by atoms with E-state index in [9.17, 15) is 5.11 Å². The Hall–Kier alpha value is -1.02. The molecule has 2 saturated carbocycles. The molecule has 1 spiro atoms. The van der Waals surface area contributed by atoms with Crippen LogP contribution in [0.3, 0.4) is 0 Å². The quantitative estimate of drug-likeness (QED) is 0.742. The van der Waals surface area contributed by atoms with Gasteiger partial charge in [0, 0.05) is 17.9 Å². The fraction of sp³-hybridized carbons (Fsp3) is 0.600. The molecule has 90 valence electrons. The third kappa shape index (κ3) is 1.37. The number of para-hydroxylation sites is 1. The van der Waals surface area contributed by atoms with Crippen LogP contribution in [0.15, 0.2) is 24.3 Å². The number of ether oxygens (including phenoxy) is 1. The molecule has 0 aromatic heterocycles. The standard InChI is InChI=1S/C15H18O2/c16-13-9-15(7-3-4-10-8-12(10)15)17-14-6-2-1-5-11(13)14/h1-2,5-6,10,12-13,16H,3-4,7-9H2. The second-order valence-electron chi connectivity index (χ2n) is 5.92. The van der Waals surface area contributed by atoms with Crippen molar-refractivity contribution in [2.24, 2.45) is 11.8 Å². The van der Waals surface area contributed by atoms with Crippen LogP contribution >= 0.6 is 0 Å². The average Bonchev–Trinajstić information content (AvgIpc) is 3.10. The van der Waals surface area contributed by atoms with Crippen LogP contribution in [0, 0.1) is 11.8 Å². The third-order valence-electron chi connectivity index (χ3n) is 4.90. The van der Waals surface area contributed by atoms with Gasteiger partial charge < -0.3 is 9.84 Å². The van der Waals surface area contributed by atoms with Crippen molar-refractivity contribution in [1.82, 2.24) is 0 Å². The predicted molar refractivity (Wildman–Crippen MR) is 64.8 cm³/mol. The van der Waals surface area contributed by atoms with Crippen molar-refractivity contribution < 1.29 is 9.84 Å². The van der Waals surface area contributed by atoms with E-state index in [4.69, 9.17) is 4.74 Å². The molecule has 17 heavy (non-hydrogen) atoms. The Morgan fingerprint density at radius 2 is 2.18 bits per heavy atom. The highest BCUT2D eigenvalue weighted by molar-refractivity contribution is 5.38. The molecule has 4 atom stereocenters. The van der Waals surface area contributed by atoms with Gasteiger partial charge >= 0.3 is 0 Å². The molecule has 4 unspecified atom stereocenters. The van der Waals surface area contributed by atoms with E-state index in [0.717, 1.165) is 30.1 Å². The number of rotatable bonds is 0. The lowest BCUT2D eigenvalue weighted by molar-refractivity contribution is -0.0493. The van der Waals surface area contributed by atoms with Crippen LogP contribution in [0.5, 0.6) is 5.75 Å². The Kier molecular flexibility index (Phi) is 1.91. The van der Waals surface area contributed by atoms with Gasteiger partial charge in [-0.15, -0.1) is 0 Å². The Morgan fingerprint density at radius 1 is 1.29 bits per heavy atom. The largest absolute Gasteiger partial charge is 0.486 e. The molecule has 1 aromatic carbocycles. The molecular weight excluding hydrogens is 212 g/mol. The van der Waals surface area contributed by atoms with Gasteiger partial charge in [0.15, 0.2) is 0 Å². The summed E-state index contributed by atoms with van der Waals surface area (Å²) < 4.78 is 6.32. The van der Waals surface area contributed by atoms with Crippen LogP contribution in [0.1, 0.15) is 43.8 Å². The van der Waals surface area contributed by atoms with Crippen LogP contribution in [-0.4, -0.2) is 10.7 Å². The first kappa shape index (κ1) is 9.95. The van der Waals surface area contributed by atoms with Gasteiger partial charge in [-0.1, -0.05) is 18.2 Å². The zero-order valence-electron chi connectivity index (χ0n) is 9.93. The summed E-state index contributed by atoms with van der Waals surface area (Å²) in [5.41, 5.74) is 0.928. The number of hydrogen-bond acceptors (Lipinski definition) is 2. The van der Waals surface area contributed by atoms with Crippen molar-refractivity contribution >= 4 is 0 Å². The molecule has 0 amide bonds. The van der Waals surface area contributed by atoms with E-state index in [1.165, 1.54) is 19.3 Å². The van der Waals surface area contributed by atoms with Crippen molar-refractivity contribution in [3.05, 3.63) is 29.8 Å². The summed E-state index contributed by atoms with van der Waals surface area (Å²) in [5.74, 6) is 2.50. The molecule has 2 nitrogen and oxygen atoms in total. The monoisotopic (exact) mass is 230 g/mol. The first-order chi connectivity index (χ1) is 8.28. The minimum Gasteiger partial charge on any atom is -0.486 e. The highest BCUT2D eigenvalue weighted by Gasteiger charge is 2.58. The molecule has 0 saturated heterocycles. The summed E-state index contributed by atoms with van der Waals surface area (Å²) in [4.78, 5) is 0. The number of benzene rings is 1. The zero-order chi connectivity index (χ0) is 11.5. The average molecular weight is 230 g/mol. The summed E-state index contributed by atoms with van der Waals surface area (Å²) in [5, 5.41) is 10.3. The smallest absolute Gasteiger partial charge is 0.125 e. The fourth-order valence-electron chi connectivity index (χ4n) is 3.99. The first-order valence-electron chi connectivity index (χ1n) is 6.74. The second kappa shape index (κ2) is 3.26. The minimum atomic E-state index is -0.334. The molecule has 1 heterocycles. The SMILES string of the molecule is OC1CC2(CCCC3CC32)Oc2ccccc21. The van der Waals surface area contributed by atoms with E-state index in [0.29, 0.717) is 5.92 Å². The maximum atomic E-state index is 10.3. The van der Waals surface area contributed by atoms with Gasteiger partial charge in [0.25, 0.3) is 0 Å². The molecule has 4 rings (SSSR count). The van der Waals surface area contributed by atoms with Crippen molar-refractivity contribution in [1.29, 1.82) is 0 Å². The normalized spacial score (nSPS) is 42.5. The summed E-state index contributed by atoms with van der Waals surface area (Å²) in [7, 11) is 0. The zero-order valence-corrected chi connectivity index (χ0v) is 9.93. The molecule has 1 N–H and O–H groups in total. The maximum absolute atomic E-state index is 10.3. The first-order valence-corrected chi connectivity index (χ1v) is 6.74. The lowest BCUT2D eigenvalue weighted by Crippen LogP contribution is -2.45. The van der Waals surface area contributed by atoms with E-state index in [2.05, 4.69) is 0 Å². The Bertz CT molecular complexity index is 456. The van der Waals surface area contributed by atoms with E-state index < -0.39 is 0 Å². The van der Waals surface area contributed by atoms with Crippen molar-refractivity contribution in [3.8, 4) is 5.75 Å². The van der Waals surface area contributed by atoms with E-state index in [1.807, 2.05) is 24.3 Å². The summed E-state index contributed by atoms with van der Waals surface area (Å²) in [6, 6.07) is 7.97. The molecule has 2 fully saturated rings. The molecule has 2 heteroatoms. The summed E-state index contributed by atoms with van der Waals surface area (Å²) >= 11 is 0. The molecule has 1 aliphatic heterocycles. The van der Waals surface area contributed by atoms with E-state index >= 15 is 0 Å². The number of aliphatic hydroxyl groups is 1. The molecule has 3 aliphatic rings. The summed E-state index contributed by atoms with van der Waals surface area (Å²) in [6.07, 6.45) is 5.53. The highest BCUT2D eigenvalue weighted by atomic mass is 16.5. The predicted octanol–water partition coefficient (Wildman–Crippen LogP) is 3.06. The van der Waals surface area contributed by atoms with Crippen LogP contribution in [0.2, 0.25) is 0 Å². The highest BCUT2D eigenvalue weighted by Crippen LogP contribution is 2.60.